The van der Waals surface area contributed by atoms with Gasteiger partial charge in [0.2, 0.25) is 11.9 Å². The molecule has 0 spiro atoms. The van der Waals surface area contributed by atoms with Crippen molar-refractivity contribution in [1.82, 2.24) is 15.0 Å². The molecule has 2 aromatic carbocycles. The number of nitrogen functional groups attached to an aromatic ring is 1. The Labute approximate surface area is 165 Å². The van der Waals surface area contributed by atoms with E-state index in [4.69, 9.17) is 33.7 Å². The molecule has 0 bridgehead atoms. The van der Waals surface area contributed by atoms with Crippen LogP contribution < -0.4 is 11.1 Å². The highest BCUT2D eigenvalue weighted by Crippen LogP contribution is 2.25. The molecule has 0 saturated heterocycles. The number of nitrogens with two attached hydrogens (primary N) is 1. The predicted molar refractivity (Wildman–Crippen MR) is 104 cm³/mol. The molecular formula is C18H15Cl2N5O2. The third-order valence-corrected chi connectivity index (χ3v) is 4.18. The number of halogens is 2. The largest absolute Gasteiger partial charge is 0.457 e. The normalized spacial score (nSPS) is 10.4. The molecule has 0 aliphatic carbocycles. The standard InChI is InChI=1S/C18H15Cl2N5O2/c19-13-7-4-8-14(20)12(13)9-16(26)27-10-15-23-17(21)25-18(24-15)22-11-5-2-1-3-6-11/h1-8H,9-10H2,(H3,21,22,23,24,25). The van der Waals surface area contributed by atoms with Crippen molar-refractivity contribution in [3.8, 4) is 0 Å². The number of carbonyl (C=O) groups is 1. The van der Waals surface area contributed by atoms with Crippen molar-refractivity contribution < 1.29 is 9.53 Å². The summed E-state index contributed by atoms with van der Waals surface area (Å²) in [5.74, 6) is -0.0152. The van der Waals surface area contributed by atoms with Gasteiger partial charge in [0, 0.05) is 21.3 Å². The van der Waals surface area contributed by atoms with Gasteiger partial charge in [-0.05, 0) is 24.3 Å². The van der Waals surface area contributed by atoms with Crippen LogP contribution in [0.15, 0.2) is 48.5 Å². The minimum atomic E-state index is -0.512. The monoisotopic (exact) mass is 403 g/mol. The van der Waals surface area contributed by atoms with Gasteiger partial charge in [-0.1, -0.05) is 47.5 Å². The average molecular weight is 404 g/mol. The van der Waals surface area contributed by atoms with Gasteiger partial charge >= 0.3 is 5.97 Å². The quantitative estimate of drug-likeness (QED) is 0.603. The zero-order chi connectivity index (χ0) is 19.2. The number of para-hydroxylation sites is 1. The molecule has 0 saturated carbocycles. The van der Waals surface area contributed by atoms with Crippen LogP contribution in [-0.2, 0) is 22.6 Å². The molecule has 0 aliphatic heterocycles. The summed E-state index contributed by atoms with van der Waals surface area (Å²) < 4.78 is 5.21. The lowest BCUT2D eigenvalue weighted by atomic mass is 10.1. The second-order valence-electron chi connectivity index (χ2n) is 5.46. The molecule has 3 aromatic rings. The molecular weight excluding hydrogens is 389 g/mol. The highest BCUT2D eigenvalue weighted by atomic mass is 35.5. The molecule has 0 fully saturated rings. The fourth-order valence-electron chi connectivity index (χ4n) is 2.25. The molecule has 3 N–H and O–H groups in total. The first-order valence-corrected chi connectivity index (χ1v) is 8.68. The number of rotatable bonds is 6. The van der Waals surface area contributed by atoms with E-state index < -0.39 is 5.97 Å². The summed E-state index contributed by atoms with van der Waals surface area (Å²) in [4.78, 5) is 24.3. The summed E-state index contributed by atoms with van der Waals surface area (Å²) in [7, 11) is 0. The van der Waals surface area contributed by atoms with Crippen LogP contribution in [0.1, 0.15) is 11.4 Å². The maximum atomic E-state index is 12.1. The van der Waals surface area contributed by atoms with Crippen LogP contribution >= 0.6 is 23.2 Å². The topological polar surface area (TPSA) is 103 Å². The van der Waals surface area contributed by atoms with Crippen molar-refractivity contribution in [3.05, 3.63) is 70.0 Å². The van der Waals surface area contributed by atoms with E-state index in [1.807, 2.05) is 30.3 Å². The Morgan fingerprint density at radius 1 is 1.00 bits per heavy atom. The second kappa shape index (κ2) is 8.66. The Bertz CT molecular complexity index is 933. The van der Waals surface area contributed by atoms with Crippen molar-refractivity contribution >= 4 is 46.8 Å². The van der Waals surface area contributed by atoms with Crippen LogP contribution in [-0.4, -0.2) is 20.9 Å². The predicted octanol–water partition coefficient (Wildman–Crippen LogP) is 3.79. The fraction of sp³-hybridized carbons (Fsp3) is 0.111. The number of esters is 1. The second-order valence-corrected chi connectivity index (χ2v) is 6.28. The number of nitrogens with one attached hydrogen (secondary N) is 1. The molecule has 0 unspecified atom stereocenters. The first-order valence-electron chi connectivity index (χ1n) is 7.92. The Morgan fingerprint density at radius 2 is 1.70 bits per heavy atom. The number of hydrogen-bond donors (Lipinski definition) is 2. The van der Waals surface area contributed by atoms with Crippen molar-refractivity contribution in [2.24, 2.45) is 0 Å². The fourth-order valence-corrected chi connectivity index (χ4v) is 2.78. The molecule has 7 nitrogen and oxygen atoms in total. The summed E-state index contributed by atoms with van der Waals surface area (Å²) in [5, 5.41) is 3.81. The van der Waals surface area contributed by atoms with Gasteiger partial charge in [-0.3, -0.25) is 4.79 Å². The SMILES string of the molecule is Nc1nc(COC(=O)Cc2c(Cl)cccc2Cl)nc(Nc2ccccc2)n1. The van der Waals surface area contributed by atoms with Crippen LogP contribution in [0.5, 0.6) is 0 Å². The lowest BCUT2D eigenvalue weighted by Gasteiger charge is -2.09. The molecule has 0 atom stereocenters. The van der Waals surface area contributed by atoms with Gasteiger partial charge in [-0.15, -0.1) is 0 Å². The minimum absolute atomic E-state index is 0.0172. The van der Waals surface area contributed by atoms with Gasteiger partial charge in [-0.2, -0.15) is 15.0 Å². The number of aromatic nitrogens is 3. The van der Waals surface area contributed by atoms with E-state index >= 15 is 0 Å². The summed E-state index contributed by atoms with van der Waals surface area (Å²) in [6, 6.07) is 14.4. The van der Waals surface area contributed by atoms with E-state index in [1.54, 1.807) is 18.2 Å². The van der Waals surface area contributed by atoms with Crippen LogP contribution in [0.2, 0.25) is 10.0 Å². The maximum Gasteiger partial charge on any atom is 0.310 e. The van der Waals surface area contributed by atoms with Crippen LogP contribution in [0.4, 0.5) is 17.6 Å². The smallest absolute Gasteiger partial charge is 0.310 e. The van der Waals surface area contributed by atoms with E-state index in [-0.39, 0.29) is 30.7 Å². The summed E-state index contributed by atoms with van der Waals surface area (Å²) in [5.41, 5.74) is 7.00. The van der Waals surface area contributed by atoms with Crippen LogP contribution in [0.3, 0.4) is 0 Å². The Morgan fingerprint density at radius 3 is 2.41 bits per heavy atom. The van der Waals surface area contributed by atoms with Gasteiger partial charge in [0.1, 0.15) is 0 Å². The maximum absolute atomic E-state index is 12.1. The molecule has 1 heterocycles. The molecule has 3 rings (SSSR count). The third-order valence-electron chi connectivity index (χ3n) is 3.47. The first-order chi connectivity index (χ1) is 13.0. The highest BCUT2D eigenvalue weighted by molar-refractivity contribution is 6.36. The zero-order valence-corrected chi connectivity index (χ0v) is 15.5. The van der Waals surface area contributed by atoms with Gasteiger partial charge in [0.05, 0.1) is 6.42 Å². The Kier molecular flexibility index (Phi) is 6.05. The first kappa shape index (κ1) is 18.9. The number of nitrogens with zero attached hydrogens (tertiary/aromatic N) is 3. The van der Waals surface area contributed by atoms with Crippen molar-refractivity contribution in [2.45, 2.75) is 13.0 Å². The van der Waals surface area contributed by atoms with E-state index in [1.165, 1.54) is 0 Å². The Hall–Kier alpha value is -2.90. The molecule has 9 heteroatoms. The number of carbonyl (C=O) groups excluding carboxylic acids is 1. The third kappa shape index (κ3) is 5.29. The number of anilines is 3. The van der Waals surface area contributed by atoms with Gasteiger partial charge in [0.15, 0.2) is 12.4 Å². The summed E-state index contributed by atoms with van der Waals surface area (Å²) >= 11 is 12.1. The van der Waals surface area contributed by atoms with Crippen molar-refractivity contribution in [3.63, 3.8) is 0 Å². The van der Waals surface area contributed by atoms with E-state index in [2.05, 4.69) is 20.3 Å². The molecule has 1 aromatic heterocycles. The minimum Gasteiger partial charge on any atom is -0.457 e. The summed E-state index contributed by atoms with van der Waals surface area (Å²) in [6.07, 6.45) is -0.0613. The van der Waals surface area contributed by atoms with E-state index in [0.717, 1.165) is 5.69 Å². The lowest BCUT2D eigenvalue weighted by molar-refractivity contribution is -0.144. The molecule has 138 valence electrons. The Balaban J connectivity index is 1.64. The zero-order valence-electron chi connectivity index (χ0n) is 14.0. The lowest BCUT2D eigenvalue weighted by Crippen LogP contribution is -2.12. The van der Waals surface area contributed by atoms with Gasteiger partial charge < -0.3 is 15.8 Å². The van der Waals surface area contributed by atoms with Crippen LogP contribution in [0.25, 0.3) is 0 Å². The molecule has 0 radical (unpaired) electrons. The van der Waals surface area contributed by atoms with Gasteiger partial charge in [0.25, 0.3) is 0 Å². The number of hydrogen-bond acceptors (Lipinski definition) is 7. The van der Waals surface area contributed by atoms with E-state index in [9.17, 15) is 4.79 Å². The number of ether oxygens (including phenoxy) is 1. The number of benzene rings is 2. The summed E-state index contributed by atoms with van der Waals surface area (Å²) in [6.45, 7) is -0.156. The highest BCUT2D eigenvalue weighted by Gasteiger charge is 2.13. The van der Waals surface area contributed by atoms with Crippen molar-refractivity contribution in [2.75, 3.05) is 11.1 Å². The van der Waals surface area contributed by atoms with Crippen LogP contribution in [0, 0.1) is 0 Å². The van der Waals surface area contributed by atoms with E-state index in [0.29, 0.717) is 15.6 Å². The molecule has 0 aliphatic rings. The average Bonchev–Trinajstić information content (AvgIpc) is 2.64. The van der Waals surface area contributed by atoms with Crippen molar-refractivity contribution in [1.29, 1.82) is 0 Å². The van der Waals surface area contributed by atoms with Gasteiger partial charge in [-0.25, -0.2) is 0 Å². The molecule has 0 amide bonds. The molecule has 27 heavy (non-hydrogen) atoms.